The van der Waals surface area contributed by atoms with E-state index in [-0.39, 0.29) is 0 Å². The number of carbonyl (C=O) groups is 1. The fourth-order valence-corrected chi connectivity index (χ4v) is 3.52. The summed E-state index contributed by atoms with van der Waals surface area (Å²) in [6.07, 6.45) is 5.03. The first-order chi connectivity index (χ1) is 11.2. The maximum absolute atomic E-state index is 12.2. The minimum absolute atomic E-state index is 0.321. The highest BCUT2D eigenvalue weighted by molar-refractivity contribution is 9.10. The van der Waals surface area contributed by atoms with Gasteiger partial charge in [-0.15, -0.1) is 10.2 Å². The van der Waals surface area contributed by atoms with Gasteiger partial charge in [0.25, 0.3) is 0 Å². The number of halogens is 1. The van der Waals surface area contributed by atoms with Crippen molar-refractivity contribution in [2.75, 3.05) is 13.1 Å². The highest BCUT2D eigenvalue weighted by Gasteiger charge is 2.36. The van der Waals surface area contributed by atoms with Gasteiger partial charge in [0, 0.05) is 35.6 Å². The molecule has 4 rings (SSSR count). The number of benzene rings is 1. The van der Waals surface area contributed by atoms with Gasteiger partial charge in [-0.2, -0.15) is 0 Å². The second-order valence-corrected chi connectivity index (χ2v) is 7.44. The molecule has 0 spiro atoms. The predicted molar refractivity (Wildman–Crippen MR) is 90.6 cm³/mol. The lowest BCUT2D eigenvalue weighted by Crippen LogP contribution is -2.30. The lowest BCUT2D eigenvalue weighted by Gasteiger charge is -2.17. The highest BCUT2D eigenvalue weighted by atomic mass is 79.9. The first-order valence-corrected chi connectivity index (χ1v) is 8.92. The standard InChI is InChI=1S/C17H19BrN4O/c18-15-5-3-13(4-6-15)16-20-19-11-22(16)10-12-7-8-21(9-12)17(23)14-1-2-14/h3-6,11-12,14H,1-2,7-10H2/t12-/m1/s1. The van der Waals surface area contributed by atoms with Gasteiger partial charge in [-0.1, -0.05) is 28.1 Å². The molecular formula is C17H19BrN4O. The van der Waals surface area contributed by atoms with Crippen LogP contribution in [0.25, 0.3) is 11.4 Å². The van der Waals surface area contributed by atoms with Crippen molar-refractivity contribution in [3.8, 4) is 11.4 Å². The number of aromatic nitrogens is 3. The topological polar surface area (TPSA) is 51.0 Å². The molecule has 1 amide bonds. The molecule has 1 saturated heterocycles. The van der Waals surface area contributed by atoms with E-state index in [1.165, 1.54) is 0 Å². The summed E-state index contributed by atoms with van der Waals surface area (Å²) >= 11 is 3.45. The summed E-state index contributed by atoms with van der Waals surface area (Å²) in [5.41, 5.74) is 1.06. The second-order valence-electron chi connectivity index (χ2n) is 6.53. The molecule has 1 saturated carbocycles. The van der Waals surface area contributed by atoms with Crippen LogP contribution in [-0.4, -0.2) is 38.7 Å². The molecular weight excluding hydrogens is 356 g/mol. The van der Waals surface area contributed by atoms with Crippen LogP contribution in [0.1, 0.15) is 19.3 Å². The van der Waals surface area contributed by atoms with Gasteiger partial charge in [0.05, 0.1) is 0 Å². The Kier molecular flexibility index (Phi) is 3.93. The van der Waals surface area contributed by atoms with E-state index in [4.69, 9.17) is 0 Å². The Balaban J connectivity index is 1.45. The van der Waals surface area contributed by atoms with E-state index in [1.54, 1.807) is 6.33 Å². The molecule has 5 nitrogen and oxygen atoms in total. The molecule has 0 unspecified atom stereocenters. The van der Waals surface area contributed by atoms with Crippen molar-refractivity contribution in [3.05, 3.63) is 35.1 Å². The quantitative estimate of drug-likeness (QED) is 0.826. The van der Waals surface area contributed by atoms with E-state index in [9.17, 15) is 4.79 Å². The molecule has 0 bridgehead atoms. The van der Waals surface area contributed by atoms with Crippen LogP contribution in [0.5, 0.6) is 0 Å². The van der Waals surface area contributed by atoms with Gasteiger partial charge < -0.3 is 9.47 Å². The Labute approximate surface area is 143 Å². The summed E-state index contributed by atoms with van der Waals surface area (Å²) in [7, 11) is 0. The summed E-state index contributed by atoms with van der Waals surface area (Å²) in [6.45, 7) is 2.63. The molecule has 6 heteroatoms. The monoisotopic (exact) mass is 374 g/mol. The molecule has 0 N–H and O–H groups in total. The van der Waals surface area contributed by atoms with Crippen molar-refractivity contribution >= 4 is 21.8 Å². The summed E-state index contributed by atoms with van der Waals surface area (Å²) in [5, 5.41) is 8.34. The van der Waals surface area contributed by atoms with Crippen molar-refractivity contribution < 1.29 is 4.79 Å². The number of likely N-dealkylation sites (tertiary alicyclic amines) is 1. The normalized spacial score (nSPS) is 20.9. The van der Waals surface area contributed by atoms with E-state index >= 15 is 0 Å². The summed E-state index contributed by atoms with van der Waals surface area (Å²) in [4.78, 5) is 14.2. The van der Waals surface area contributed by atoms with Gasteiger partial charge in [0.2, 0.25) is 5.91 Å². The third-order valence-corrected chi connectivity index (χ3v) is 5.23. The van der Waals surface area contributed by atoms with Crippen molar-refractivity contribution in [1.82, 2.24) is 19.7 Å². The number of carbonyl (C=O) groups excluding carboxylic acids is 1. The zero-order valence-corrected chi connectivity index (χ0v) is 14.4. The summed E-state index contributed by atoms with van der Waals surface area (Å²) in [5.74, 6) is 2.07. The Morgan fingerprint density at radius 3 is 2.74 bits per heavy atom. The Morgan fingerprint density at radius 1 is 1.22 bits per heavy atom. The molecule has 1 aliphatic carbocycles. The van der Waals surface area contributed by atoms with E-state index in [0.29, 0.717) is 17.7 Å². The maximum Gasteiger partial charge on any atom is 0.225 e. The zero-order valence-electron chi connectivity index (χ0n) is 12.9. The third-order valence-electron chi connectivity index (χ3n) is 4.70. The van der Waals surface area contributed by atoms with E-state index in [1.807, 2.05) is 29.2 Å². The Morgan fingerprint density at radius 2 is 2.00 bits per heavy atom. The molecule has 0 radical (unpaired) electrons. The molecule has 1 aliphatic heterocycles. The van der Waals surface area contributed by atoms with Crippen LogP contribution in [0.2, 0.25) is 0 Å². The Bertz CT molecular complexity index is 708. The van der Waals surface area contributed by atoms with Crippen LogP contribution >= 0.6 is 15.9 Å². The minimum Gasteiger partial charge on any atom is -0.342 e. The summed E-state index contributed by atoms with van der Waals surface area (Å²) < 4.78 is 3.16. The van der Waals surface area contributed by atoms with Crippen LogP contribution in [0.3, 0.4) is 0 Å². The van der Waals surface area contributed by atoms with Gasteiger partial charge in [-0.25, -0.2) is 0 Å². The SMILES string of the molecule is O=C(C1CC1)N1CC[C@@H](Cn2cnnc2-c2ccc(Br)cc2)C1. The van der Waals surface area contributed by atoms with Crippen molar-refractivity contribution in [3.63, 3.8) is 0 Å². The molecule has 2 heterocycles. The van der Waals surface area contributed by atoms with E-state index in [2.05, 4.69) is 30.7 Å². The fourth-order valence-electron chi connectivity index (χ4n) is 3.26. The van der Waals surface area contributed by atoms with Crippen molar-refractivity contribution in [2.45, 2.75) is 25.8 Å². The molecule has 2 fully saturated rings. The van der Waals surface area contributed by atoms with Crippen molar-refractivity contribution in [2.24, 2.45) is 11.8 Å². The molecule has 2 aliphatic rings. The number of amides is 1. The third kappa shape index (κ3) is 3.17. The highest BCUT2D eigenvalue weighted by Crippen LogP contribution is 2.33. The average Bonchev–Trinajstić information content (AvgIpc) is 3.14. The first kappa shape index (κ1) is 14.9. The maximum atomic E-state index is 12.2. The lowest BCUT2D eigenvalue weighted by molar-refractivity contribution is -0.131. The van der Waals surface area contributed by atoms with Crippen LogP contribution in [0.15, 0.2) is 35.1 Å². The van der Waals surface area contributed by atoms with Crippen LogP contribution in [0, 0.1) is 11.8 Å². The molecule has 23 heavy (non-hydrogen) atoms. The van der Waals surface area contributed by atoms with Crippen LogP contribution in [-0.2, 0) is 11.3 Å². The smallest absolute Gasteiger partial charge is 0.225 e. The largest absolute Gasteiger partial charge is 0.342 e. The number of hydrogen-bond donors (Lipinski definition) is 0. The van der Waals surface area contributed by atoms with E-state index < -0.39 is 0 Å². The predicted octanol–water partition coefficient (Wildman–Crippen LogP) is 2.97. The molecule has 1 atom stereocenters. The minimum atomic E-state index is 0.321. The van der Waals surface area contributed by atoms with Crippen molar-refractivity contribution in [1.29, 1.82) is 0 Å². The number of rotatable bonds is 4. The molecule has 2 aromatic rings. The van der Waals surface area contributed by atoms with E-state index in [0.717, 1.165) is 54.8 Å². The van der Waals surface area contributed by atoms with Gasteiger partial charge in [-0.05, 0) is 37.3 Å². The second kappa shape index (κ2) is 6.07. The molecule has 1 aromatic heterocycles. The lowest BCUT2D eigenvalue weighted by atomic mass is 10.1. The Hall–Kier alpha value is -1.69. The average molecular weight is 375 g/mol. The van der Waals surface area contributed by atoms with Gasteiger partial charge in [-0.3, -0.25) is 4.79 Å². The van der Waals surface area contributed by atoms with Gasteiger partial charge in [0.1, 0.15) is 6.33 Å². The number of hydrogen-bond acceptors (Lipinski definition) is 3. The fraction of sp³-hybridized carbons (Fsp3) is 0.471. The zero-order chi connectivity index (χ0) is 15.8. The van der Waals surface area contributed by atoms with Gasteiger partial charge in [0.15, 0.2) is 5.82 Å². The number of nitrogens with zero attached hydrogens (tertiary/aromatic N) is 4. The van der Waals surface area contributed by atoms with Crippen LogP contribution in [0.4, 0.5) is 0 Å². The molecule has 120 valence electrons. The molecule has 1 aromatic carbocycles. The van der Waals surface area contributed by atoms with Crippen LogP contribution < -0.4 is 0 Å². The first-order valence-electron chi connectivity index (χ1n) is 8.13. The summed E-state index contributed by atoms with van der Waals surface area (Å²) in [6, 6.07) is 8.12. The van der Waals surface area contributed by atoms with Gasteiger partial charge >= 0.3 is 0 Å².